The molecule has 0 aromatic rings. The van der Waals surface area contributed by atoms with Crippen molar-refractivity contribution in [1.29, 1.82) is 0 Å². The zero-order valence-electron chi connectivity index (χ0n) is 33.1. The number of nitrogens with zero attached hydrogens (tertiary/aromatic N) is 1. The fourth-order valence-electron chi connectivity index (χ4n) is 5.82. The van der Waals surface area contributed by atoms with E-state index in [1.54, 1.807) is 7.05 Å². The number of unbranched alkanes of at least 4 members (excludes halogenated alkanes) is 18. The lowest BCUT2D eigenvalue weighted by atomic mass is 10.0. The monoisotopic (exact) mass is 722 g/mol. The van der Waals surface area contributed by atoms with Crippen LogP contribution in [0.1, 0.15) is 187 Å². The van der Waals surface area contributed by atoms with Crippen LogP contribution in [0.4, 0.5) is 4.79 Å². The first kappa shape index (κ1) is 48.1. The molecule has 0 aliphatic rings. The molecule has 0 rings (SSSR count). The number of allylic oxidation sites excluding steroid dienone is 8. The van der Waals surface area contributed by atoms with Gasteiger partial charge in [0, 0.05) is 13.6 Å². The van der Waals surface area contributed by atoms with Crippen molar-refractivity contribution in [1.82, 2.24) is 4.90 Å². The van der Waals surface area contributed by atoms with Gasteiger partial charge in [-0.05, 0) is 96.3 Å². The molecule has 0 aliphatic carbocycles. The summed E-state index contributed by atoms with van der Waals surface area (Å²) in [6.07, 6.45) is 50.7. The average Bonchev–Trinajstić information content (AvgIpc) is 3.09. The van der Waals surface area contributed by atoms with Gasteiger partial charge >= 0.3 is 6.09 Å². The number of hydrogen-bond donors (Lipinski definition) is 0. The molecule has 0 unspecified atom stereocenters. The van der Waals surface area contributed by atoms with Crippen molar-refractivity contribution in [3.8, 4) is 0 Å². The second-order valence-corrected chi connectivity index (χ2v) is 15.7. The highest BCUT2D eigenvalue weighted by atomic mass is 32.2. The van der Waals surface area contributed by atoms with Crippen LogP contribution in [-0.2, 0) is 19.0 Å². The van der Waals surface area contributed by atoms with Gasteiger partial charge in [0.1, 0.15) is 6.10 Å². The van der Waals surface area contributed by atoms with Crippen LogP contribution >= 0.6 is 0 Å². The summed E-state index contributed by atoms with van der Waals surface area (Å²) in [5, 5.41) is 0. The number of carbonyl (C=O) groups is 1. The predicted octanol–water partition coefficient (Wildman–Crippen LogP) is 13.2. The third-order valence-electron chi connectivity index (χ3n) is 8.97. The first-order valence-corrected chi connectivity index (χ1v) is 22.5. The highest BCUT2D eigenvalue weighted by molar-refractivity contribution is 7.85. The van der Waals surface area contributed by atoms with Crippen LogP contribution in [0, 0.1) is 0 Å². The quantitative estimate of drug-likeness (QED) is 0.0366. The summed E-state index contributed by atoms with van der Waals surface area (Å²) in [5.41, 5.74) is 0. The Balaban J connectivity index is 4.28. The summed E-state index contributed by atoms with van der Waals surface area (Å²) in [7, 11) is -1.76. The molecule has 0 saturated heterocycles. The van der Waals surface area contributed by atoms with Crippen LogP contribution in [0.25, 0.3) is 0 Å². The average molecular weight is 722 g/mol. The van der Waals surface area contributed by atoms with Gasteiger partial charge in [0.15, 0.2) is 0 Å². The van der Waals surface area contributed by atoms with Gasteiger partial charge in [-0.2, -0.15) is 8.42 Å². The molecule has 0 fully saturated rings. The summed E-state index contributed by atoms with van der Waals surface area (Å²) >= 11 is 0. The van der Waals surface area contributed by atoms with Gasteiger partial charge in [-0.3, -0.25) is 4.18 Å². The minimum absolute atomic E-state index is 0.0612. The van der Waals surface area contributed by atoms with Gasteiger partial charge in [-0.1, -0.05) is 140 Å². The molecule has 0 bridgehead atoms. The summed E-state index contributed by atoms with van der Waals surface area (Å²) < 4.78 is 33.2. The van der Waals surface area contributed by atoms with E-state index in [2.05, 4.69) is 62.5 Å². The minimum atomic E-state index is -3.47. The summed E-state index contributed by atoms with van der Waals surface area (Å²) in [4.78, 5) is 14.4. The van der Waals surface area contributed by atoms with Crippen LogP contribution in [-0.4, -0.2) is 52.0 Å². The molecule has 1 amide bonds. The zero-order valence-corrected chi connectivity index (χ0v) is 33.9. The molecule has 0 saturated carbocycles. The molecule has 0 N–H and O–H groups in total. The first-order chi connectivity index (χ1) is 24.3. The molecule has 6 nitrogen and oxygen atoms in total. The van der Waals surface area contributed by atoms with Gasteiger partial charge in [0.05, 0.1) is 12.9 Å². The number of hydrogen-bond acceptors (Lipinski definition) is 5. The van der Waals surface area contributed by atoms with E-state index in [0.29, 0.717) is 13.0 Å². The lowest BCUT2D eigenvalue weighted by molar-refractivity contribution is 0.0574. The standard InChI is InChI=1S/C43H79NO5S/c1-5-7-9-11-13-15-17-19-21-23-25-27-29-31-33-35-38-42(49-43(45)44(3)40-37-41-48-50(4,46)47)39-36-34-32-30-28-26-24-22-20-18-16-14-12-10-8-6-2/h13-16,19-22,42H,5-12,17-18,23-41H2,1-4H3/b15-13-,16-14-,21-19?,22-20?. The molecule has 0 heterocycles. The molecule has 292 valence electrons. The maximum Gasteiger partial charge on any atom is 0.409 e. The molecule has 0 atom stereocenters. The second-order valence-electron chi connectivity index (χ2n) is 14.1. The van der Waals surface area contributed by atoms with Crippen LogP contribution in [0.5, 0.6) is 0 Å². The largest absolute Gasteiger partial charge is 0.446 e. The van der Waals surface area contributed by atoms with E-state index in [1.807, 2.05) is 0 Å². The first-order valence-electron chi connectivity index (χ1n) is 20.7. The lowest BCUT2D eigenvalue weighted by Crippen LogP contribution is -2.32. The van der Waals surface area contributed by atoms with Crippen LogP contribution < -0.4 is 0 Å². The van der Waals surface area contributed by atoms with Crippen molar-refractivity contribution in [3.05, 3.63) is 48.6 Å². The van der Waals surface area contributed by atoms with E-state index >= 15 is 0 Å². The number of carbonyl (C=O) groups excluding carboxylic acids is 1. The van der Waals surface area contributed by atoms with Crippen LogP contribution in [0.15, 0.2) is 48.6 Å². The molecule has 7 heteroatoms. The van der Waals surface area contributed by atoms with E-state index < -0.39 is 10.1 Å². The number of rotatable bonds is 36. The van der Waals surface area contributed by atoms with E-state index in [-0.39, 0.29) is 18.8 Å². The minimum Gasteiger partial charge on any atom is -0.446 e. The fourth-order valence-corrected chi connectivity index (χ4v) is 6.24. The third kappa shape index (κ3) is 37.4. The van der Waals surface area contributed by atoms with E-state index in [4.69, 9.17) is 8.92 Å². The molecular weight excluding hydrogens is 643 g/mol. The van der Waals surface area contributed by atoms with Gasteiger partial charge in [0.25, 0.3) is 10.1 Å². The van der Waals surface area contributed by atoms with Gasteiger partial charge < -0.3 is 9.64 Å². The maximum atomic E-state index is 12.8. The molecule has 0 aromatic carbocycles. The van der Waals surface area contributed by atoms with Gasteiger partial charge in [-0.25, -0.2) is 4.79 Å². The highest BCUT2D eigenvalue weighted by Gasteiger charge is 2.17. The summed E-state index contributed by atoms with van der Waals surface area (Å²) in [6.45, 7) is 4.96. The summed E-state index contributed by atoms with van der Waals surface area (Å²) in [6, 6.07) is 0. The molecular formula is C43H79NO5S. The highest BCUT2D eigenvalue weighted by Crippen LogP contribution is 2.18. The van der Waals surface area contributed by atoms with Crippen molar-refractivity contribution < 1.29 is 22.1 Å². The van der Waals surface area contributed by atoms with Crippen molar-refractivity contribution in [2.45, 2.75) is 193 Å². The lowest BCUT2D eigenvalue weighted by Gasteiger charge is -2.23. The smallest absolute Gasteiger partial charge is 0.409 e. The molecule has 0 aliphatic heterocycles. The Morgan fingerprint density at radius 3 is 1.34 bits per heavy atom. The fraction of sp³-hybridized carbons (Fsp3) is 0.791. The van der Waals surface area contributed by atoms with E-state index in [9.17, 15) is 13.2 Å². The Labute approximate surface area is 310 Å². The molecule has 50 heavy (non-hydrogen) atoms. The predicted molar refractivity (Wildman–Crippen MR) is 216 cm³/mol. The van der Waals surface area contributed by atoms with Crippen molar-refractivity contribution in [2.24, 2.45) is 0 Å². The second kappa shape index (κ2) is 36.9. The zero-order chi connectivity index (χ0) is 36.8. The topological polar surface area (TPSA) is 72.9 Å². The third-order valence-corrected chi connectivity index (χ3v) is 9.56. The Bertz CT molecular complexity index is 924. The Kier molecular flexibility index (Phi) is 35.5. The molecule has 0 aromatic heterocycles. The Hall–Kier alpha value is -1.86. The van der Waals surface area contributed by atoms with Crippen molar-refractivity contribution in [3.63, 3.8) is 0 Å². The van der Waals surface area contributed by atoms with Crippen molar-refractivity contribution in [2.75, 3.05) is 26.5 Å². The molecule has 0 spiro atoms. The van der Waals surface area contributed by atoms with Gasteiger partial charge in [0.2, 0.25) is 0 Å². The Morgan fingerprint density at radius 2 is 0.940 bits per heavy atom. The Morgan fingerprint density at radius 1 is 0.560 bits per heavy atom. The molecule has 0 radical (unpaired) electrons. The maximum absolute atomic E-state index is 12.8. The van der Waals surface area contributed by atoms with Gasteiger partial charge in [-0.15, -0.1) is 0 Å². The number of amides is 1. The van der Waals surface area contributed by atoms with Crippen LogP contribution in [0.2, 0.25) is 0 Å². The van der Waals surface area contributed by atoms with Crippen LogP contribution in [0.3, 0.4) is 0 Å². The normalized spacial score (nSPS) is 13.0. The summed E-state index contributed by atoms with van der Waals surface area (Å²) in [5.74, 6) is 0. The van der Waals surface area contributed by atoms with Crippen molar-refractivity contribution >= 4 is 16.2 Å². The SMILES string of the molecule is CCCCC/C=C\CC=CCCCCCCCCC(CCCCCCCCC=CC/C=C\CCCCC)OC(=O)N(C)CCCOS(C)(=O)=O. The number of ether oxygens (including phenoxy) is 1. The van der Waals surface area contributed by atoms with E-state index in [0.717, 1.165) is 44.8 Å². The van der Waals surface area contributed by atoms with E-state index in [1.165, 1.54) is 133 Å².